The van der Waals surface area contributed by atoms with Crippen molar-refractivity contribution in [3.63, 3.8) is 0 Å². The minimum atomic E-state index is -2.60. The number of nitrogens with one attached hydrogen (secondary N) is 1. The molecular weight excluding hydrogens is 136 g/mol. The zero-order chi connectivity index (χ0) is 8.41. The molecule has 0 heterocycles. The molecule has 0 radical (unpaired) electrons. The summed E-state index contributed by atoms with van der Waals surface area (Å²) in [5.74, 6) is -2.60. The summed E-state index contributed by atoms with van der Waals surface area (Å²) in [6.07, 6.45) is 0. The van der Waals surface area contributed by atoms with Crippen LogP contribution >= 0.6 is 0 Å². The highest BCUT2D eigenvalue weighted by Crippen LogP contribution is 2.11. The number of halogens is 2. The van der Waals surface area contributed by atoms with Crippen LogP contribution in [0.5, 0.6) is 0 Å². The summed E-state index contributed by atoms with van der Waals surface area (Å²) >= 11 is 0. The van der Waals surface area contributed by atoms with E-state index in [1.54, 1.807) is 0 Å². The van der Waals surface area contributed by atoms with Gasteiger partial charge in [-0.1, -0.05) is 0 Å². The Morgan fingerprint density at radius 3 is 1.60 bits per heavy atom. The smallest absolute Gasteiger partial charge is 0.257 e. The van der Waals surface area contributed by atoms with Crippen LogP contribution in [0.15, 0.2) is 0 Å². The third-order valence-electron chi connectivity index (χ3n) is 0.929. The Morgan fingerprint density at radius 2 is 1.50 bits per heavy atom. The molecule has 3 heteroatoms. The van der Waals surface area contributed by atoms with Crippen molar-refractivity contribution in [3.05, 3.63) is 0 Å². The molecule has 0 saturated carbocycles. The Hall–Kier alpha value is -0.180. The Kier molecular flexibility index (Phi) is 2.77. The van der Waals surface area contributed by atoms with Gasteiger partial charge in [0.05, 0.1) is 6.54 Å². The number of hydrogen-bond donors (Lipinski definition) is 1. The molecule has 0 unspecified atom stereocenters. The molecule has 0 saturated heterocycles. The van der Waals surface area contributed by atoms with Crippen LogP contribution in [0, 0.1) is 0 Å². The molecule has 0 aliphatic carbocycles. The van der Waals surface area contributed by atoms with Gasteiger partial charge in [-0.25, -0.2) is 8.78 Å². The average Bonchev–Trinajstić information content (AvgIpc) is 1.57. The van der Waals surface area contributed by atoms with Gasteiger partial charge in [-0.15, -0.1) is 0 Å². The first-order valence-electron chi connectivity index (χ1n) is 3.34. The van der Waals surface area contributed by atoms with Gasteiger partial charge in [-0.2, -0.15) is 0 Å². The SMILES string of the molecule is CC(F)(F)CNC(C)(C)C. The highest BCUT2D eigenvalue weighted by molar-refractivity contribution is 4.74. The normalized spacial score (nSPS) is 13.8. The van der Waals surface area contributed by atoms with E-state index in [1.165, 1.54) is 0 Å². The molecule has 0 spiro atoms. The molecule has 0 rings (SSSR count). The van der Waals surface area contributed by atoms with Gasteiger partial charge in [-0.05, 0) is 20.8 Å². The first-order valence-corrected chi connectivity index (χ1v) is 3.34. The lowest BCUT2D eigenvalue weighted by Crippen LogP contribution is -2.42. The maximum atomic E-state index is 12.2. The third kappa shape index (κ3) is 7.82. The van der Waals surface area contributed by atoms with Gasteiger partial charge in [0.1, 0.15) is 0 Å². The molecule has 0 aliphatic rings. The van der Waals surface area contributed by atoms with Gasteiger partial charge in [-0.3, -0.25) is 0 Å². The van der Waals surface area contributed by atoms with Crippen LogP contribution in [0.4, 0.5) is 8.78 Å². The largest absolute Gasteiger partial charge is 0.306 e. The van der Waals surface area contributed by atoms with E-state index in [1.807, 2.05) is 20.8 Å². The number of rotatable bonds is 2. The maximum Gasteiger partial charge on any atom is 0.257 e. The third-order valence-corrected chi connectivity index (χ3v) is 0.929. The van der Waals surface area contributed by atoms with Crippen LogP contribution in [0.1, 0.15) is 27.7 Å². The predicted octanol–water partition coefficient (Wildman–Crippen LogP) is 2.03. The topological polar surface area (TPSA) is 12.0 Å². The van der Waals surface area contributed by atoms with E-state index in [0.717, 1.165) is 6.92 Å². The summed E-state index contributed by atoms with van der Waals surface area (Å²) in [5.41, 5.74) is -0.223. The molecular formula is C7H15F2N. The molecule has 0 fully saturated rings. The molecule has 0 aliphatic heterocycles. The first kappa shape index (κ1) is 9.82. The summed E-state index contributed by atoms with van der Waals surface area (Å²) in [4.78, 5) is 0. The van der Waals surface area contributed by atoms with Gasteiger partial charge in [0, 0.05) is 12.5 Å². The fourth-order valence-electron chi connectivity index (χ4n) is 0.420. The van der Waals surface area contributed by atoms with E-state index in [4.69, 9.17) is 0 Å². The summed E-state index contributed by atoms with van der Waals surface area (Å²) in [7, 11) is 0. The Balaban J connectivity index is 3.56. The van der Waals surface area contributed by atoms with Crippen molar-refractivity contribution in [1.29, 1.82) is 0 Å². The van der Waals surface area contributed by atoms with Crippen LogP contribution in [0.25, 0.3) is 0 Å². The quantitative estimate of drug-likeness (QED) is 0.636. The summed E-state index contributed by atoms with van der Waals surface area (Å²) in [6.45, 7) is 6.23. The molecule has 10 heavy (non-hydrogen) atoms. The zero-order valence-electron chi connectivity index (χ0n) is 6.96. The molecule has 0 atom stereocenters. The first-order chi connectivity index (χ1) is 4.21. The van der Waals surface area contributed by atoms with Crippen LogP contribution in [0.3, 0.4) is 0 Å². The lowest BCUT2D eigenvalue weighted by molar-refractivity contribution is 0.0167. The van der Waals surface area contributed by atoms with Crippen LogP contribution in [0.2, 0.25) is 0 Å². The van der Waals surface area contributed by atoms with Crippen molar-refractivity contribution >= 4 is 0 Å². The van der Waals surface area contributed by atoms with Crippen molar-refractivity contribution in [3.8, 4) is 0 Å². The molecule has 0 aromatic heterocycles. The molecule has 1 N–H and O–H groups in total. The Morgan fingerprint density at radius 1 is 1.10 bits per heavy atom. The molecule has 0 aromatic carbocycles. The van der Waals surface area contributed by atoms with Crippen LogP contribution < -0.4 is 5.32 Å². The highest BCUT2D eigenvalue weighted by atomic mass is 19.3. The van der Waals surface area contributed by atoms with Gasteiger partial charge >= 0.3 is 0 Å². The van der Waals surface area contributed by atoms with E-state index in [9.17, 15) is 8.78 Å². The maximum absolute atomic E-state index is 12.2. The van der Waals surface area contributed by atoms with E-state index in [2.05, 4.69) is 5.32 Å². The molecule has 0 amide bonds. The predicted molar refractivity (Wildman–Crippen MR) is 38.4 cm³/mol. The Labute approximate surface area is 60.8 Å². The van der Waals surface area contributed by atoms with E-state index in [0.29, 0.717) is 0 Å². The second-order valence-electron chi connectivity index (χ2n) is 3.67. The lowest BCUT2D eigenvalue weighted by atomic mass is 10.1. The minimum absolute atomic E-state index is 0.223. The van der Waals surface area contributed by atoms with Gasteiger partial charge in [0.25, 0.3) is 5.92 Å². The summed E-state index contributed by atoms with van der Waals surface area (Å²) in [6, 6.07) is 0. The van der Waals surface area contributed by atoms with Gasteiger partial charge < -0.3 is 5.32 Å². The van der Waals surface area contributed by atoms with Crippen molar-refractivity contribution < 1.29 is 8.78 Å². The number of alkyl halides is 2. The highest BCUT2D eigenvalue weighted by Gasteiger charge is 2.23. The van der Waals surface area contributed by atoms with Crippen molar-refractivity contribution in [1.82, 2.24) is 5.32 Å². The zero-order valence-corrected chi connectivity index (χ0v) is 6.96. The average molecular weight is 151 g/mol. The van der Waals surface area contributed by atoms with Gasteiger partial charge in [0.15, 0.2) is 0 Å². The van der Waals surface area contributed by atoms with Gasteiger partial charge in [0.2, 0.25) is 0 Å². The van der Waals surface area contributed by atoms with Crippen molar-refractivity contribution in [2.45, 2.75) is 39.2 Å². The van der Waals surface area contributed by atoms with E-state index >= 15 is 0 Å². The van der Waals surface area contributed by atoms with E-state index < -0.39 is 5.92 Å². The molecule has 62 valence electrons. The lowest BCUT2D eigenvalue weighted by Gasteiger charge is -2.22. The minimum Gasteiger partial charge on any atom is -0.306 e. The van der Waals surface area contributed by atoms with Crippen molar-refractivity contribution in [2.75, 3.05) is 6.54 Å². The monoisotopic (exact) mass is 151 g/mol. The fraction of sp³-hybridized carbons (Fsp3) is 1.00. The van der Waals surface area contributed by atoms with Crippen molar-refractivity contribution in [2.24, 2.45) is 0 Å². The van der Waals surface area contributed by atoms with E-state index in [-0.39, 0.29) is 12.1 Å². The standard InChI is InChI=1S/C7H15F2N/c1-6(2,3)10-5-7(4,8)9/h10H,5H2,1-4H3. The molecule has 0 bridgehead atoms. The second kappa shape index (κ2) is 2.82. The Bertz CT molecular complexity index is 85.2. The molecule has 0 aromatic rings. The second-order valence-corrected chi connectivity index (χ2v) is 3.67. The summed E-state index contributed by atoms with van der Waals surface area (Å²) in [5, 5.41) is 2.71. The fourth-order valence-corrected chi connectivity index (χ4v) is 0.420. The van der Waals surface area contributed by atoms with Crippen LogP contribution in [-0.2, 0) is 0 Å². The summed E-state index contributed by atoms with van der Waals surface area (Å²) < 4.78 is 24.4. The number of hydrogen-bond acceptors (Lipinski definition) is 1. The van der Waals surface area contributed by atoms with Crippen LogP contribution in [-0.4, -0.2) is 18.0 Å². The molecule has 1 nitrogen and oxygen atoms in total.